The number of hydrogen-bond donors (Lipinski definition) is 2. The number of nitrogens with one attached hydrogen (secondary N) is 1. The average molecular weight is 371 g/mol. The van der Waals surface area contributed by atoms with Crippen LogP contribution in [0.3, 0.4) is 0 Å². The van der Waals surface area contributed by atoms with E-state index in [1.54, 1.807) is 4.90 Å². The highest BCUT2D eigenvalue weighted by molar-refractivity contribution is 5.92. The third-order valence-corrected chi connectivity index (χ3v) is 6.00. The zero-order chi connectivity index (χ0) is 19.0. The van der Waals surface area contributed by atoms with Crippen LogP contribution in [0.25, 0.3) is 0 Å². The van der Waals surface area contributed by atoms with Gasteiger partial charge in [-0.05, 0) is 24.3 Å². The zero-order valence-corrected chi connectivity index (χ0v) is 15.3. The lowest BCUT2D eigenvalue weighted by Gasteiger charge is -2.25. The Labute approximate surface area is 158 Å². The molecule has 0 radical (unpaired) electrons. The number of carbonyl (C=O) groups excluding carboxylic acids is 2. The molecule has 27 heavy (non-hydrogen) atoms. The van der Waals surface area contributed by atoms with Crippen molar-refractivity contribution >= 4 is 17.8 Å². The van der Waals surface area contributed by atoms with Crippen LogP contribution >= 0.6 is 0 Å². The summed E-state index contributed by atoms with van der Waals surface area (Å²) in [5.74, 6) is -1.14. The smallest absolute Gasteiger partial charge is 0.313 e. The number of aliphatic carboxylic acids is 1. The van der Waals surface area contributed by atoms with Gasteiger partial charge in [-0.3, -0.25) is 19.3 Å². The van der Waals surface area contributed by atoms with E-state index in [0.29, 0.717) is 25.6 Å². The van der Waals surface area contributed by atoms with Crippen LogP contribution in [0.2, 0.25) is 0 Å². The van der Waals surface area contributed by atoms with E-state index in [2.05, 4.69) is 5.32 Å². The molecule has 2 N–H and O–H groups in total. The van der Waals surface area contributed by atoms with Crippen LogP contribution in [-0.2, 0) is 20.9 Å². The molecule has 1 aliphatic carbocycles. The van der Waals surface area contributed by atoms with Crippen LogP contribution in [0.1, 0.15) is 18.4 Å². The number of benzene rings is 1. The van der Waals surface area contributed by atoms with Gasteiger partial charge in [-0.1, -0.05) is 30.3 Å². The first kappa shape index (κ1) is 18.0. The van der Waals surface area contributed by atoms with E-state index in [4.69, 9.17) is 0 Å². The summed E-state index contributed by atoms with van der Waals surface area (Å²) in [5, 5.41) is 12.7. The van der Waals surface area contributed by atoms with Gasteiger partial charge in [0.2, 0.25) is 11.8 Å². The third kappa shape index (κ3) is 3.56. The highest BCUT2D eigenvalue weighted by Gasteiger charge is 2.62. The highest BCUT2D eigenvalue weighted by Crippen LogP contribution is 2.45. The molecule has 4 rings (SSSR count). The number of carboxylic acids is 1. The predicted octanol–water partition coefficient (Wildman–Crippen LogP) is 0.558. The van der Waals surface area contributed by atoms with E-state index in [1.165, 1.54) is 0 Å². The lowest BCUT2D eigenvalue weighted by Crippen LogP contribution is -2.43. The molecule has 3 aliphatic rings. The number of likely N-dealkylation sites (tertiary alicyclic amines) is 2. The molecular weight excluding hydrogens is 346 g/mol. The topological polar surface area (TPSA) is 90.0 Å². The van der Waals surface area contributed by atoms with Gasteiger partial charge >= 0.3 is 5.97 Å². The van der Waals surface area contributed by atoms with E-state index in [1.807, 2.05) is 35.2 Å². The van der Waals surface area contributed by atoms with Crippen molar-refractivity contribution in [2.45, 2.75) is 19.4 Å². The van der Waals surface area contributed by atoms with Gasteiger partial charge in [0.1, 0.15) is 5.41 Å². The molecule has 0 bridgehead atoms. The number of carbonyl (C=O) groups is 3. The summed E-state index contributed by atoms with van der Waals surface area (Å²) in [5.41, 5.74) is -0.0665. The minimum atomic E-state index is -1.08. The number of fused-ring (bicyclic) bond motifs is 1. The lowest BCUT2D eigenvalue weighted by molar-refractivity contribution is -0.149. The molecule has 1 saturated carbocycles. The second kappa shape index (κ2) is 6.96. The van der Waals surface area contributed by atoms with Crippen LogP contribution in [0, 0.1) is 17.3 Å². The van der Waals surface area contributed by atoms with E-state index >= 15 is 0 Å². The van der Waals surface area contributed by atoms with Crippen LogP contribution in [0.5, 0.6) is 0 Å². The molecule has 144 valence electrons. The van der Waals surface area contributed by atoms with Crippen LogP contribution in [0.4, 0.5) is 0 Å². The maximum absolute atomic E-state index is 12.7. The fourth-order valence-electron chi connectivity index (χ4n) is 4.35. The summed E-state index contributed by atoms with van der Waals surface area (Å²) >= 11 is 0. The third-order valence-electron chi connectivity index (χ3n) is 6.00. The largest absolute Gasteiger partial charge is 0.481 e. The Hall–Kier alpha value is -2.41. The lowest BCUT2D eigenvalue weighted by atomic mass is 9.81. The number of hydrogen-bond acceptors (Lipinski definition) is 4. The molecule has 7 nitrogen and oxygen atoms in total. The Morgan fingerprint density at radius 2 is 1.93 bits per heavy atom. The average Bonchev–Trinajstić information content (AvgIpc) is 3.33. The summed E-state index contributed by atoms with van der Waals surface area (Å²) in [7, 11) is 0. The number of carboxylic acid groups (broad SMARTS) is 1. The van der Waals surface area contributed by atoms with E-state index in [0.717, 1.165) is 18.4 Å². The Balaban J connectivity index is 1.35. The first-order valence-corrected chi connectivity index (χ1v) is 9.53. The maximum atomic E-state index is 12.7. The second-order valence-corrected chi connectivity index (χ2v) is 8.11. The minimum Gasteiger partial charge on any atom is -0.481 e. The van der Waals surface area contributed by atoms with Crippen molar-refractivity contribution in [2.75, 3.05) is 32.7 Å². The molecule has 2 heterocycles. The maximum Gasteiger partial charge on any atom is 0.313 e. The molecule has 0 spiro atoms. The van der Waals surface area contributed by atoms with E-state index in [-0.39, 0.29) is 31.4 Å². The van der Waals surface area contributed by atoms with Gasteiger partial charge in [0.05, 0.1) is 12.5 Å². The molecule has 0 unspecified atom stereocenters. The molecular formula is C20H25N3O4. The van der Waals surface area contributed by atoms with Gasteiger partial charge in [0.15, 0.2) is 0 Å². The van der Waals surface area contributed by atoms with Gasteiger partial charge in [-0.2, -0.15) is 0 Å². The fraction of sp³-hybridized carbons (Fsp3) is 0.550. The van der Waals surface area contributed by atoms with Crippen LogP contribution in [-0.4, -0.2) is 65.4 Å². The molecule has 3 fully saturated rings. The summed E-state index contributed by atoms with van der Waals surface area (Å²) in [4.78, 5) is 40.6. The van der Waals surface area contributed by atoms with Crippen molar-refractivity contribution in [3.63, 3.8) is 0 Å². The molecule has 2 amide bonds. The van der Waals surface area contributed by atoms with Gasteiger partial charge in [0, 0.05) is 32.7 Å². The molecule has 7 heteroatoms. The van der Waals surface area contributed by atoms with Gasteiger partial charge < -0.3 is 15.3 Å². The Kier molecular flexibility index (Phi) is 4.63. The first-order valence-electron chi connectivity index (χ1n) is 9.53. The number of rotatable bonds is 7. The van der Waals surface area contributed by atoms with E-state index < -0.39 is 17.3 Å². The molecule has 1 aromatic rings. The van der Waals surface area contributed by atoms with Gasteiger partial charge in [-0.15, -0.1) is 0 Å². The molecule has 0 aromatic heterocycles. The van der Waals surface area contributed by atoms with Gasteiger partial charge in [0.25, 0.3) is 0 Å². The van der Waals surface area contributed by atoms with Crippen molar-refractivity contribution in [3.05, 3.63) is 35.9 Å². The molecule has 2 saturated heterocycles. The van der Waals surface area contributed by atoms with Crippen LogP contribution < -0.4 is 5.32 Å². The molecule has 1 aromatic carbocycles. The Bertz CT molecular complexity index is 749. The summed E-state index contributed by atoms with van der Waals surface area (Å²) in [6.45, 7) is 2.10. The fourth-order valence-corrected chi connectivity index (χ4v) is 4.35. The Morgan fingerprint density at radius 1 is 1.19 bits per heavy atom. The van der Waals surface area contributed by atoms with Crippen molar-refractivity contribution in [3.8, 4) is 0 Å². The standard InChI is InChI=1S/C20H25N3O4/c24-17(21-8-14-4-2-1-3-5-14)11-22-10-16-18(25)23(9-15-6-7-15)13-20(16,12-22)19(26)27/h1-5,15-16H,6-13H2,(H,21,24)(H,26,27)/t16-,20-/m1/s1. The highest BCUT2D eigenvalue weighted by atomic mass is 16.4. The van der Waals surface area contributed by atoms with Crippen molar-refractivity contribution < 1.29 is 19.5 Å². The predicted molar refractivity (Wildman–Crippen MR) is 97.6 cm³/mol. The number of amides is 2. The monoisotopic (exact) mass is 371 g/mol. The van der Waals surface area contributed by atoms with Crippen molar-refractivity contribution in [2.24, 2.45) is 17.3 Å². The first-order chi connectivity index (χ1) is 13.0. The zero-order valence-electron chi connectivity index (χ0n) is 15.3. The van der Waals surface area contributed by atoms with Gasteiger partial charge in [-0.25, -0.2) is 0 Å². The molecule has 2 atom stereocenters. The summed E-state index contributed by atoms with van der Waals surface area (Å²) < 4.78 is 0. The Morgan fingerprint density at radius 3 is 2.56 bits per heavy atom. The van der Waals surface area contributed by atoms with Crippen molar-refractivity contribution in [1.29, 1.82) is 0 Å². The quantitative estimate of drug-likeness (QED) is 0.731. The second-order valence-electron chi connectivity index (χ2n) is 8.11. The van der Waals surface area contributed by atoms with Crippen LogP contribution in [0.15, 0.2) is 30.3 Å². The number of nitrogens with zero attached hydrogens (tertiary/aromatic N) is 2. The minimum absolute atomic E-state index is 0.0588. The molecule has 2 aliphatic heterocycles. The van der Waals surface area contributed by atoms with E-state index in [9.17, 15) is 19.5 Å². The SMILES string of the molecule is O=C(CN1C[C@@H]2C(=O)N(CC3CC3)C[C@]2(C(=O)O)C1)NCc1ccccc1. The summed E-state index contributed by atoms with van der Waals surface area (Å²) in [6, 6.07) is 9.63. The normalized spacial score (nSPS) is 27.6. The summed E-state index contributed by atoms with van der Waals surface area (Å²) in [6.07, 6.45) is 2.25. The van der Waals surface area contributed by atoms with Crippen molar-refractivity contribution in [1.82, 2.24) is 15.1 Å².